The summed E-state index contributed by atoms with van der Waals surface area (Å²) in [4.78, 5) is 11.8. The van der Waals surface area contributed by atoms with Crippen LogP contribution in [0.4, 0.5) is 0 Å². The Labute approximate surface area is 115 Å². The van der Waals surface area contributed by atoms with Gasteiger partial charge in [0, 0.05) is 4.47 Å². The van der Waals surface area contributed by atoms with E-state index in [0.29, 0.717) is 4.47 Å². The molecule has 6 heteroatoms. The van der Waals surface area contributed by atoms with Gasteiger partial charge in [-0.25, -0.2) is 8.42 Å². The third-order valence-electron chi connectivity index (χ3n) is 2.44. The molecule has 1 rings (SSSR count). The quantitative estimate of drug-likeness (QED) is 0.776. The average molecular weight is 335 g/mol. The maximum atomic E-state index is 12.4. The van der Waals surface area contributed by atoms with Crippen molar-refractivity contribution in [3.8, 4) is 0 Å². The summed E-state index contributed by atoms with van der Waals surface area (Å²) in [5, 5.41) is -1.16. The highest BCUT2D eigenvalue weighted by Crippen LogP contribution is 2.26. The van der Waals surface area contributed by atoms with Crippen molar-refractivity contribution in [1.29, 1.82) is 0 Å². The predicted octanol–water partition coefficient (Wildman–Crippen LogP) is 2.56. The molecule has 0 radical (unpaired) electrons. The number of carbonyl (C=O) groups excluding carboxylic acids is 1. The van der Waals surface area contributed by atoms with Crippen molar-refractivity contribution in [2.75, 3.05) is 6.61 Å². The Hall–Kier alpha value is -0.880. The van der Waals surface area contributed by atoms with Gasteiger partial charge in [-0.1, -0.05) is 19.1 Å². The van der Waals surface area contributed by atoms with Crippen molar-refractivity contribution in [3.05, 3.63) is 28.7 Å². The third-order valence-corrected chi connectivity index (χ3v) is 5.64. The van der Waals surface area contributed by atoms with Crippen molar-refractivity contribution >= 4 is 31.7 Å². The number of hydrogen-bond donors (Lipinski definition) is 0. The van der Waals surface area contributed by atoms with Crippen LogP contribution in [0.15, 0.2) is 33.6 Å². The van der Waals surface area contributed by atoms with Gasteiger partial charge in [0.2, 0.25) is 0 Å². The zero-order valence-corrected chi connectivity index (χ0v) is 12.6. The second kappa shape index (κ2) is 6.33. The number of esters is 1. The lowest BCUT2D eigenvalue weighted by Crippen LogP contribution is -2.31. The van der Waals surface area contributed by atoms with Crippen LogP contribution in [0.5, 0.6) is 0 Å². The van der Waals surface area contributed by atoms with Gasteiger partial charge in [-0.15, -0.1) is 0 Å². The van der Waals surface area contributed by atoms with Gasteiger partial charge >= 0.3 is 5.97 Å². The van der Waals surface area contributed by atoms with Crippen molar-refractivity contribution in [2.45, 2.75) is 30.4 Å². The van der Waals surface area contributed by atoms with Crippen molar-refractivity contribution in [1.82, 2.24) is 0 Å². The van der Waals surface area contributed by atoms with Gasteiger partial charge in [0.25, 0.3) is 0 Å². The predicted molar refractivity (Wildman–Crippen MR) is 72.0 cm³/mol. The summed E-state index contributed by atoms with van der Waals surface area (Å²) in [5.74, 6) is -0.698. The smallest absolute Gasteiger partial charge is 0.324 e. The number of benzene rings is 1. The lowest BCUT2D eigenvalue weighted by Gasteiger charge is -2.15. The van der Waals surface area contributed by atoms with Crippen molar-refractivity contribution < 1.29 is 17.9 Å². The number of sulfone groups is 1. The Kier molecular flexibility index (Phi) is 5.34. The number of hydrogen-bond acceptors (Lipinski definition) is 4. The van der Waals surface area contributed by atoms with Gasteiger partial charge in [0.15, 0.2) is 15.1 Å². The van der Waals surface area contributed by atoms with Gasteiger partial charge in [0.05, 0.1) is 11.5 Å². The molecule has 1 atom stereocenters. The average Bonchev–Trinajstić information content (AvgIpc) is 2.30. The molecule has 0 spiro atoms. The molecule has 0 heterocycles. The molecule has 0 bridgehead atoms. The standard InChI is InChI=1S/C12H15BrO4S/c1-3-10(12(14)17-4-2)18(15,16)11-8-6-5-7-9(11)13/h5-8,10H,3-4H2,1-2H3. The van der Waals surface area contributed by atoms with Gasteiger partial charge in [0.1, 0.15) is 0 Å². The van der Waals surface area contributed by atoms with E-state index in [1.807, 2.05) is 0 Å². The molecule has 0 aliphatic heterocycles. The minimum absolute atomic E-state index is 0.116. The molecule has 0 aromatic heterocycles. The van der Waals surface area contributed by atoms with E-state index in [1.165, 1.54) is 6.07 Å². The molecule has 0 N–H and O–H groups in total. The van der Waals surface area contributed by atoms with E-state index in [-0.39, 0.29) is 17.9 Å². The molecule has 4 nitrogen and oxygen atoms in total. The second-order valence-electron chi connectivity index (χ2n) is 3.62. The molecule has 0 saturated carbocycles. The van der Waals surface area contributed by atoms with E-state index in [4.69, 9.17) is 4.74 Å². The fourth-order valence-electron chi connectivity index (χ4n) is 1.58. The van der Waals surface area contributed by atoms with Gasteiger partial charge in [-0.2, -0.15) is 0 Å². The lowest BCUT2D eigenvalue weighted by molar-refractivity contribution is -0.142. The van der Waals surface area contributed by atoms with E-state index in [9.17, 15) is 13.2 Å². The Balaban J connectivity index is 3.20. The molecule has 1 aromatic carbocycles. The van der Waals surface area contributed by atoms with Gasteiger partial charge < -0.3 is 4.74 Å². The lowest BCUT2D eigenvalue weighted by atomic mass is 10.3. The molecular weight excluding hydrogens is 320 g/mol. The minimum atomic E-state index is -3.72. The molecule has 1 unspecified atom stereocenters. The second-order valence-corrected chi connectivity index (χ2v) is 6.58. The molecule has 0 aliphatic rings. The highest BCUT2D eigenvalue weighted by molar-refractivity contribution is 9.10. The first-order valence-corrected chi connectivity index (χ1v) is 7.94. The minimum Gasteiger partial charge on any atom is -0.465 e. The van der Waals surface area contributed by atoms with Crippen LogP contribution < -0.4 is 0 Å². The van der Waals surface area contributed by atoms with E-state index in [0.717, 1.165) is 0 Å². The number of carbonyl (C=O) groups is 1. The molecule has 1 aromatic rings. The van der Waals surface area contributed by atoms with E-state index in [1.54, 1.807) is 32.0 Å². The summed E-state index contributed by atoms with van der Waals surface area (Å²) in [5.41, 5.74) is 0. The molecule has 0 fully saturated rings. The van der Waals surface area contributed by atoms with Crippen molar-refractivity contribution in [2.24, 2.45) is 0 Å². The summed E-state index contributed by atoms with van der Waals surface area (Å²) in [6.45, 7) is 3.46. The molecule has 100 valence electrons. The van der Waals surface area contributed by atoms with Crippen LogP contribution in [0, 0.1) is 0 Å². The van der Waals surface area contributed by atoms with Crippen LogP contribution in [-0.4, -0.2) is 26.2 Å². The topological polar surface area (TPSA) is 60.4 Å². The zero-order chi connectivity index (χ0) is 13.8. The zero-order valence-electron chi connectivity index (χ0n) is 10.2. The Morgan fingerprint density at radius 3 is 2.44 bits per heavy atom. The Bertz CT molecular complexity index is 525. The van der Waals surface area contributed by atoms with Crippen LogP contribution in [-0.2, 0) is 19.4 Å². The third kappa shape index (κ3) is 3.11. The van der Waals surface area contributed by atoms with Crippen LogP contribution in [0.2, 0.25) is 0 Å². The fourth-order valence-corrected chi connectivity index (χ4v) is 4.21. The molecule has 0 amide bonds. The SMILES string of the molecule is CCOC(=O)C(CC)S(=O)(=O)c1ccccc1Br. The first kappa shape index (κ1) is 15.2. The summed E-state index contributed by atoms with van der Waals surface area (Å²) >= 11 is 3.19. The van der Waals surface area contributed by atoms with Crippen LogP contribution in [0.3, 0.4) is 0 Å². The highest BCUT2D eigenvalue weighted by atomic mass is 79.9. The van der Waals surface area contributed by atoms with Crippen molar-refractivity contribution in [3.63, 3.8) is 0 Å². The van der Waals surface area contributed by atoms with Gasteiger partial charge in [-0.05, 0) is 41.4 Å². The summed E-state index contributed by atoms with van der Waals surface area (Å²) in [6, 6.07) is 6.44. The van der Waals surface area contributed by atoms with Crippen LogP contribution in [0.25, 0.3) is 0 Å². The largest absolute Gasteiger partial charge is 0.465 e. The Morgan fingerprint density at radius 1 is 1.33 bits per heavy atom. The highest BCUT2D eigenvalue weighted by Gasteiger charge is 2.34. The summed E-state index contributed by atoms with van der Waals surface area (Å²) in [7, 11) is -3.72. The van der Waals surface area contributed by atoms with E-state index < -0.39 is 21.1 Å². The summed E-state index contributed by atoms with van der Waals surface area (Å²) in [6.07, 6.45) is 0.183. The molecule has 0 saturated heterocycles. The normalized spacial score (nSPS) is 13.1. The van der Waals surface area contributed by atoms with Crippen LogP contribution >= 0.6 is 15.9 Å². The maximum Gasteiger partial charge on any atom is 0.324 e. The van der Waals surface area contributed by atoms with E-state index in [2.05, 4.69) is 15.9 Å². The monoisotopic (exact) mass is 334 g/mol. The molecule has 18 heavy (non-hydrogen) atoms. The number of ether oxygens (including phenoxy) is 1. The Morgan fingerprint density at radius 2 is 1.94 bits per heavy atom. The number of halogens is 1. The van der Waals surface area contributed by atoms with Crippen LogP contribution in [0.1, 0.15) is 20.3 Å². The first-order chi connectivity index (χ1) is 8.45. The maximum absolute atomic E-state index is 12.4. The number of rotatable bonds is 5. The van der Waals surface area contributed by atoms with E-state index >= 15 is 0 Å². The fraction of sp³-hybridized carbons (Fsp3) is 0.417. The van der Waals surface area contributed by atoms with Gasteiger partial charge in [-0.3, -0.25) is 4.79 Å². The molecular formula is C12H15BrO4S. The molecule has 0 aliphatic carbocycles. The first-order valence-electron chi connectivity index (χ1n) is 5.60. The summed E-state index contributed by atoms with van der Waals surface area (Å²) < 4.78 is 30.0.